The molecule has 0 unspecified atom stereocenters. The number of hydrogen-bond donors (Lipinski definition) is 0. The Hall–Kier alpha value is -0.120. The van der Waals surface area contributed by atoms with Gasteiger partial charge in [-0.2, -0.15) is 0 Å². The summed E-state index contributed by atoms with van der Waals surface area (Å²) in [6.45, 7) is 10.8. The summed E-state index contributed by atoms with van der Waals surface area (Å²) in [5, 5.41) is 13.6. The molecule has 2 rings (SSSR count). The van der Waals surface area contributed by atoms with E-state index in [4.69, 9.17) is 0 Å². The zero-order chi connectivity index (χ0) is 12.0. The molecule has 2 aliphatic rings. The number of piperidine rings is 1. The van der Waals surface area contributed by atoms with Gasteiger partial charge in [0.05, 0.1) is 0 Å². The normalized spacial score (nSPS) is 32.1. The molecule has 93 valence electrons. The average molecular weight is 225 g/mol. The van der Waals surface area contributed by atoms with Gasteiger partial charge in [0.25, 0.3) is 0 Å². The van der Waals surface area contributed by atoms with E-state index in [0.29, 0.717) is 6.04 Å². The van der Waals surface area contributed by atoms with E-state index in [2.05, 4.69) is 32.6 Å². The molecule has 0 aromatic carbocycles. The number of hydrogen-bond acceptors (Lipinski definition) is 2. The van der Waals surface area contributed by atoms with Crippen molar-refractivity contribution in [2.24, 2.45) is 0 Å². The molecule has 0 spiro atoms. The van der Waals surface area contributed by atoms with Gasteiger partial charge in [-0.1, -0.05) is 0 Å². The lowest BCUT2D eigenvalue weighted by atomic mass is 9.78. The average Bonchev–Trinajstić information content (AvgIpc) is 2.65. The fourth-order valence-corrected chi connectivity index (χ4v) is 3.58. The summed E-state index contributed by atoms with van der Waals surface area (Å²) in [4.78, 5) is 2.59. The quantitative estimate of drug-likeness (QED) is 0.685. The van der Waals surface area contributed by atoms with E-state index in [1.807, 2.05) is 0 Å². The lowest BCUT2D eigenvalue weighted by molar-refractivity contribution is -0.294. The van der Waals surface area contributed by atoms with Crippen molar-refractivity contribution < 1.29 is 5.21 Å². The summed E-state index contributed by atoms with van der Waals surface area (Å²) in [5.41, 5.74) is -0.427. The molecule has 2 fully saturated rings. The van der Waals surface area contributed by atoms with Crippen LogP contribution in [0.3, 0.4) is 0 Å². The number of hydroxylamine groups is 2. The van der Waals surface area contributed by atoms with E-state index in [0.717, 1.165) is 12.8 Å². The standard InChI is InChI=1S/C13H25N2O/c1-12(2)9-11(14-7-5-6-8-14)10-13(3,4)15(12)16/h11H,5-10H2,1-4H3. The Kier molecular flexibility index (Phi) is 3.06. The van der Waals surface area contributed by atoms with Crippen LogP contribution in [0.1, 0.15) is 53.4 Å². The highest BCUT2D eigenvalue weighted by molar-refractivity contribution is 4.99. The first-order valence-electron chi connectivity index (χ1n) is 6.54. The van der Waals surface area contributed by atoms with Crippen LogP contribution in [0.4, 0.5) is 0 Å². The van der Waals surface area contributed by atoms with Crippen LogP contribution >= 0.6 is 0 Å². The molecule has 0 aromatic rings. The van der Waals surface area contributed by atoms with Crippen LogP contribution < -0.4 is 0 Å². The van der Waals surface area contributed by atoms with Crippen LogP contribution in [0.25, 0.3) is 0 Å². The second-order valence-corrected chi connectivity index (χ2v) is 6.72. The highest BCUT2D eigenvalue weighted by Gasteiger charge is 2.47. The summed E-state index contributed by atoms with van der Waals surface area (Å²) < 4.78 is 0. The van der Waals surface area contributed by atoms with Gasteiger partial charge in [0.2, 0.25) is 0 Å². The van der Waals surface area contributed by atoms with Gasteiger partial charge in [0.15, 0.2) is 0 Å². The molecule has 3 heteroatoms. The molecule has 0 aromatic heterocycles. The molecule has 2 heterocycles. The summed E-state index contributed by atoms with van der Waals surface area (Å²) in [7, 11) is 0. The first-order chi connectivity index (χ1) is 7.33. The minimum absolute atomic E-state index is 0.213. The summed E-state index contributed by atoms with van der Waals surface area (Å²) in [6, 6.07) is 0.609. The summed E-state index contributed by atoms with van der Waals surface area (Å²) in [6.07, 6.45) is 4.69. The predicted molar refractivity (Wildman–Crippen MR) is 64.5 cm³/mol. The zero-order valence-electron chi connectivity index (χ0n) is 11.1. The Labute approximate surface area is 99.4 Å². The van der Waals surface area contributed by atoms with E-state index >= 15 is 0 Å². The van der Waals surface area contributed by atoms with Gasteiger partial charge in [0.1, 0.15) is 0 Å². The highest BCUT2D eigenvalue weighted by atomic mass is 16.5. The van der Waals surface area contributed by atoms with Gasteiger partial charge in [-0.25, -0.2) is 0 Å². The van der Waals surface area contributed by atoms with Crippen molar-refractivity contribution in [1.29, 1.82) is 0 Å². The Morgan fingerprint density at radius 2 is 1.38 bits per heavy atom. The molecule has 0 atom stereocenters. The maximum Gasteiger partial charge on any atom is 0.0458 e. The maximum absolute atomic E-state index is 12.2. The molecule has 2 saturated heterocycles. The van der Waals surface area contributed by atoms with Crippen molar-refractivity contribution >= 4 is 0 Å². The maximum atomic E-state index is 12.2. The monoisotopic (exact) mass is 225 g/mol. The second kappa shape index (κ2) is 3.97. The number of likely N-dealkylation sites (tertiary alicyclic amines) is 1. The summed E-state index contributed by atoms with van der Waals surface area (Å²) in [5.74, 6) is 0. The van der Waals surface area contributed by atoms with E-state index in [1.54, 1.807) is 0 Å². The van der Waals surface area contributed by atoms with Crippen molar-refractivity contribution in [1.82, 2.24) is 9.96 Å². The van der Waals surface area contributed by atoms with Crippen LogP contribution in [0.2, 0.25) is 0 Å². The van der Waals surface area contributed by atoms with Gasteiger partial charge in [-0.05, 0) is 66.5 Å². The molecular weight excluding hydrogens is 200 g/mol. The lowest BCUT2D eigenvalue weighted by Crippen LogP contribution is -2.62. The molecule has 0 bridgehead atoms. The van der Waals surface area contributed by atoms with Crippen molar-refractivity contribution in [3.05, 3.63) is 0 Å². The van der Waals surface area contributed by atoms with E-state index < -0.39 is 0 Å². The van der Waals surface area contributed by atoms with Crippen molar-refractivity contribution in [3.8, 4) is 0 Å². The van der Waals surface area contributed by atoms with Crippen LogP contribution in [-0.2, 0) is 5.21 Å². The second-order valence-electron chi connectivity index (χ2n) is 6.72. The van der Waals surface area contributed by atoms with E-state index in [9.17, 15) is 5.21 Å². The van der Waals surface area contributed by atoms with Crippen LogP contribution in [0, 0.1) is 0 Å². The molecule has 0 saturated carbocycles. The Bertz CT molecular complexity index is 239. The molecule has 3 nitrogen and oxygen atoms in total. The molecular formula is C13H25N2O. The third-order valence-corrected chi connectivity index (χ3v) is 4.23. The highest BCUT2D eigenvalue weighted by Crippen LogP contribution is 2.39. The zero-order valence-corrected chi connectivity index (χ0v) is 11.1. The molecule has 2 aliphatic heterocycles. The minimum atomic E-state index is -0.213. The molecule has 0 amide bonds. The third-order valence-electron chi connectivity index (χ3n) is 4.23. The predicted octanol–water partition coefficient (Wildman–Crippen LogP) is 2.45. The van der Waals surface area contributed by atoms with Gasteiger partial charge >= 0.3 is 0 Å². The fourth-order valence-electron chi connectivity index (χ4n) is 3.58. The lowest BCUT2D eigenvalue weighted by Gasteiger charge is -2.51. The first kappa shape index (κ1) is 12.3. The molecule has 0 N–H and O–H groups in total. The van der Waals surface area contributed by atoms with Gasteiger partial charge in [-0.3, -0.25) is 0 Å². The van der Waals surface area contributed by atoms with Crippen LogP contribution in [0.15, 0.2) is 0 Å². The Balaban J connectivity index is 2.12. The largest absolute Gasteiger partial charge is 0.300 e. The SMILES string of the molecule is CC1(C)CC(N2CCCC2)CC(C)(C)N1[O]. The topological polar surface area (TPSA) is 26.4 Å². The Morgan fingerprint density at radius 1 is 0.938 bits per heavy atom. The number of rotatable bonds is 1. The molecule has 1 radical (unpaired) electrons. The van der Waals surface area contributed by atoms with E-state index in [-0.39, 0.29) is 11.1 Å². The van der Waals surface area contributed by atoms with Crippen molar-refractivity contribution in [3.63, 3.8) is 0 Å². The van der Waals surface area contributed by atoms with Gasteiger partial charge < -0.3 is 4.90 Å². The van der Waals surface area contributed by atoms with Crippen molar-refractivity contribution in [2.45, 2.75) is 70.5 Å². The molecule has 0 aliphatic carbocycles. The van der Waals surface area contributed by atoms with Crippen molar-refractivity contribution in [2.75, 3.05) is 13.1 Å². The third kappa shape index (κ3) is 2.13. The minimum Gasteiger partial charge on any atom is -0.300 e. The first-order valence-corrected chi connectivity index (χ1v) is 6.54. The van der Waals surface area contributed by atoms with Crippen LogP contribution in [0.5, 0.6) is 0 Å². The fraction of sp³-hybridized carbons (Fsp3) is 1.00. The summed E-state index contributed by atoms with van der Waals surface area (Å²) >= 11 is 0. The van der Waals surface area contributed by atoms with Gasteiger partial charge in [-0.15, -0.1) is 10.3 Å². The smallest absolute Gasteiger partial charge is 0.0458 e. The number of nitrogens with zero attached hydrogens (tertiary/aromatic N) is 2. The Morgan fingerprint density at radius 3 is 1.81 bits per heavy atom. The van der Waals surface area contributed by atoms with Crippen LogP contribution in [-0.4, -0.2) is 40.2 Å². The van der Waals surface area contributed by atoms with E-state index in [1.165, 1.54) is 31.0 Å². The van der Waals surface area contributed by atoms with Gasteiger partial charge in [0, 0.05) is 17.1 Å². The molecule has 16 heavy (non-hydrogen) atoms.